The third-order valence-electron chi connectivity index (χ3n) is 6.00. The van der Waals surface area contributed by atoms with E-state index in [9.17, 15) is 4.79 Å². The van der Waals surface area contributed by atoms with Crippen LogP contribution in [0.3, 0.4) is 0 Å². The highest BCUT2D eigenvalue weighted by atomic mass is 35.5. The van der Waals surface area contributed by atoms with Crippen molar-refractivity contribution in [1.29, 1.82) is 0 Å². The third kappa shape index (κ3) is 4.73. The van der Waals surface area contributed by atoms with Crippen molar-refractivity contribution in [2.45, 2.75) is 25.3 Å². The molecule has 2 aromatic carbocycles. The normalized spacial score (nSPS) is 15.2. The van der Waals surface area contributed by atoms with E-state index < -0.39 is 0 Å². The number of aryl methyl sites for hydroxylation is 1. The molecule has 34 heavy (non-hydrogen) atoms. The molecule has 0 saturated carbocycles. The van der Waals surface area contributed by atoms with Crippen molar-refractivity contribution in [2.24, 2.45) is 0 Å². The van der Waals surface area contributed by atoms with Crippen molar-refractivity contribution < 1.29 is 9.53 Å². The van der Waals surface area contributed by atoms with E-state index in [1.165, 1.54) is 5.56 Å². The zero-order chi connectivity index (χ0) is 23.7. The second kappa shape index (κ2) is 9.62. The Morgan fingerprint density at radius 2 is 2.06 bits per heavy atom. The van der Waals surface area contributed by atoms with Gasteiger partial charge in [-0.15, -0.1) is 0 Å². The zero-order valence-corrected chi connectivity index (χ0v) is 20.0. The Morgan fingerprint density at radius 3 is 2.88 bits per heavy atom. The van der Waals surface area contributed by atoms with Gasteiger partial charge in [-0.05, 0) is 67.3 Å². The molecular formula is C25H23Cl2N5O2. The fourth-order valence-electron chi connectivity index (χ4n) is 4.26. The van der Waals surface area contributed by atoms with Gasteiger partial charge in [0, 0.05) is 29.5 Å². The summed E-state index contributed by atoms with van der Waals surface area (Å²) < 4.78 is 7.32. The predicted molar refractivity (Wildman–Crippen MR) is 134 cm³/mol. The number of benzene rings is 2. The van der Waals surface area contributed by atoms with E-state index in [4.69, 9.17) is 33.0 Å². The van der Waals surface area contributed by atoms with Gasteiger partial charge in [0.2, 0.25) is 5.91 Å². The fourth-order valence-corrected chi connectivity index (χ4v) is 4.55. The monoisotopic (exact) mass is 495 g/mol. The molecule has 174 valence electrons. The van der Waals surface area contributed by atoms with Gasteiger partial charge in [-0.3, -0.25) is 9.78 Å². The summed E-state index contributed by atoms with van der Waals surface area (Å²) in [6.07, 6.45) is 6.44. The molecule has 0 bridgehead atoms. The molecule has 0 fully saturated rings. The highest BCUT2D eigenvalue weighted by Gasteiger charge is 2.23. The Hall–Kier alpha value is -3.13. The lowest BCUT2D eigenvalue weighted by molar-refractivity contribution is -0.115. The van der Waals surface area contributed by atoms with Crippen LogP contribution in [0.15, 0.2) is 54.9 Å². The van der Waals surface area contributed by atoms with Crippen molar-refractivity contribution in [3.05, 3.63) is 76.2 Å². The first-order chi connectivity index (χ1) is 16.5. The van der Waals surface area contributed by atoms with Crippen LogP contribution in [0, 0.1) is 0 Å². The first kappa shape index (κ1) is 22.7. The Morgan fingerprint density at radius 1 is 1.18 bits per heavy atom. The van der Waals surface area contributed by atoms with Gasteiger partial charge >= 0.3 is 0 Å². The first-order valence-electron chi connectivity index (χ1n) is 11.0. The second-order valence-corrected chi connectivity index (χ2v) is 9.07. The van der Waals surface area contributed by atoms with E-state index >= 15 is 0 Å². The molecule has 1 amide bonds. The maximum absolute atomic E-state index is 12.4. The van der Waals surface area contributed by atoms with Crippen LogP contribution in [0.4, 0.5) is 5.69 Å². The van der Waals surface area contributed by atoms with E-state index in [0.717, 1.165) is 47.3 Å². The van der Waals surface area contributed by atoms with Crippen LogP contribution in [0.25, 0.3) is 16.6 Å². The summed E-state index contributed by atoms with van der Waals surface area (Å²) in [5, 5.41) is 12.9. The number of carbonyl (C=O) groups is 1. The Kier molecular flexibility index (Phi) is 6.41. The van der Waals surface area contributed by atoms with Crippen molar-refractivity contribution in [2.75, 3.05) is 19.0 Å². The van der Waals surface area contributed by atoms with Gasteiger partial charge in [0.1, 0.15) is 5.75 Å². The Bertz CT molecular complexity index is 1370. The summed E-state index contributed by atoms with van der Waals surface area (Å²) in [7, 11) is 1.65. The molecule has 1 aliphatic carbocycles. The molecule has 0 spiro atoms. The van der Waals surface area contributed by atoms with Crippen LogP contribution in [0.5, 0.6) is 5.75 Å². The summed E-state index contributed by atoms with van der Waals surface area (Å²) in [5.41, 5.74) is 4.74. The minimum atomic E-state index is -0.128. The van der Waals surface area contributed by atoms with Crippen molar-refractivity contribution in [3.63, 3.8) is 0 Å². The summed E-state index contributed by atoms with van der Waals surface area (Å²) in [5.74, 6) is 0.652. The number of nitrogens with zero attached hydrogens (tertiary/aromatic N) is 3. The van der Waals surface area contributed by atoms with E-state index in [1.54, 1.807) is 31.5 Å². The molecule has 5 rings (SSSR count). The summed E-state index contributed by atoms with van der Waals surface area (Å²) in [6.45, 7) is 0.211. The van der Waals surface area contributed by atoms with Crippen LogP contribution < -0.4 is 15.4 Å². The number of hydrogen-bond acceptors (Lipinski definition) is 5. The maximum atomic E-state index is 12.4. The number of anilines is 1. The molecule has 1 aliphatic rings. The smallest absolute Gasteiger partial charge is 0.238 e. The van der Waals surface area contributed by atoms with Crippen LogP contribution in [0.2, 0.25) is 10.0 Å². The molecule has 7 nitrogen and oxygen atoms in total. The number of halogens is 2. The highest BCUT2D eigenvalue weighted by molar-refractivity contribution is 6.42. The van der Waals surface area contributed by atoms with E-state index in [2.05, 4.69) is 21.8 Å². The van der Waals surface area contributed by atoms with Crippen LogP contribution >= 0.6 is 23.2 Å². The van der Waals surface area contributed by atoms with Gasteiger partial charge in [0.15, 0.2) is 0 Å². The standard InChI is InChI=1S/C25H23Cl2N5O2/c1-34-18-4-7-23-19(12-18)24(8-9-28-23)32-14-15-10-16(3-6-22(15)31-32)29-13-25(33)30-17-2-5-20(26)21(27)11-17/h2,4-5,7-9,11-12,14,16,29H,3,6,10,13H2,1H3,(H,30,33). The number of rotatable bonds is 6. The lowest BCUT2D eigenvalue weighted by atomic mass is 9.93. The second-order valence-electron chi connectivity index (χ2n) is 8.26. The van der Waals surface area contributed by atoms with Gasteiger partial charge in [-0.1, -0.05) is 23.2 Å². The van der Waals surface area contributed by atoms with Crippen molar-refractivity contribution in [1.82, 2.24) is 20.1 Å². The number of pyridine rings is 1. The first-order valence-corrected chi connectivity index (χ1v) is 11.7. The van der Waals surface area contributed by atoms with E-state index in [-0.39, 0.29) is 18.5 Å². The number of aromatic nitrogens is 3. The average Bonchev–Trinajstić information content (AvgIpc) is 3.27. The van der Waals surface area contributed by atoms with E-state index in [1.807, 2.05) is 28.9 Å². The SMILES string of the molecule is COc1ccc2nccc(-n3cc4c(n3)CCC(NCC(=O)Nc3ccc(Cl)c(Cl)c3)C4)c2c1. The van der Waals surface area contributed by atoms with Crippen LogP contribution in [-0.2, 0) is 17.6 Å². The molecular weight excluding hydrogens is 473 g/mol. The largest absolute Gasteiger partial charge is 0.497 e. The molecule has 0 radical (unpaired) electrons. The molecule has 9 heteroatoms. The van der Waals surface area contributed by atoms with Crippen LogP contribution in [0.1, 0.15) is 17.7 Å². The Labute approximate surface area is 207 Å². The Balaban J connectivity index is 1.26. The minimum Gasteiger partial charge on any atom is -0.497 e. The average molecular weight is 496 g/mol. The number of nitrogens with one attached hydrogen (secondary N) is 2. The highest BCUT2D eigenvalue weighted by Crippen LogP contribution is 2.28. The maximum Gasteiger partial charge on any atom is 0.238 e. The van der Waals surface area contributed by atoms with Gasteiger partial charge in [0.25, 0.3) is 0 Å². The summed E-state index contributed by atoms with van der Waals surface area (Å²) in [6, 6.07) is 13.0. The molecule has 2 heterocycles. The molecule has 1 atom stereocenters. The predicted octanol–water partition coefficient (Wildman–Crippen LogP) is 4.82. The minimum absolute atomic E-state index is 0.128. The lowest BCUT2D eigenvalue weighted by Crippen LogP contribution is -2.39. The van der Waals surface area contributed by atoms with E-state index in [0.29, 0.717) is 15.7 Å². The van der Waals surface area contributed by atoms with Crippen molar-refractivity contribution >= 4 is 45.7 Å². The molecule has 1 unspecified atom stereocenters. The number of ether oxygens (including phenoxy) is 1. The van der Waals surface area contributed by atoms with Gasteiger partial charge < -0.3 is 15.4 Å². The van der Waals surface area contributed by atoms with Gasteiger partial charge in [0.05, 0.1) is 40.6 Å². The fraction of sp³-hybridized carbons (Fsp3) is 0.240. The number of methoxy groups -OCH3 is 1. The molecule has 2 N–H and O–H groups in total. The van der Waals surface area contributed by atoms with Gasteiger partial charge in [-0.2, -0.15) is 5.10 Å². The molecule has 0 saturated heterocycles. The van der Waals surface area contributed by atoms with Gasteiger partial charge in [-0.25, -0.2) is 4.68 Å². The zero-order valence-electron chi connectivity index (χ0n) is 18.5. The topological polar surface area (TPSA) is 81.1 Å². The molecule has 0 aliphatic heterocycles. The number of fused-ring (bicyclic) bond motifs is 2. The summed E-state index contributed by atoms with van der Waals surface area (Å²) >= 11 is 12.0. The third-order valence-corrected chi connectivity index (χ3v) is 6.74. The summed E-state index contributed by atoms with van der Waals surface area (Å²) in [4.78, 5) is 16.8. The van der Waals surface area contributed by atoms with Crippen LogP contribution in [-0.4, -0.2) is 40.4 Å². The van der Waals surface area contributed by atoms with Crippen molar-refractivity contribution in [3.8, 4) is 11.4 Å². The number of amides is 1. The lowest BCUT2D eigenvalue weighted by Gasteiger charge is -2.22. The molecule has 4 aromatic rings. The quantitative estimate of drug-likeness (QED) is 0.400. The number of carbonyl (C=O) groups excluding carboxylic acids is 1. The molecule has 2 aromatic heterocycles. The number of hydrogen-bond donors (Lipinski definition) is 2.